The van der Waals surface area contributed by atoms with Gasteiger partial charge >= 0.3 is 0 Å². The second-order valence-electron chi connectivity index (χ2n) is 3.94. The van der Waals surface area contributed by atoms with Gasteiger partial charge in [0.25, 0.3) is 0 Å². The fraction of sp³-hybridized carbons (Fsp3) is 0.0833. The molecular formula is C12H10ClN5S2. The molecule has 0 aliphatic rings. The Hall–Kier alpha value is -1.57. The van der Waals surface area contributed by atoms with Crippen LogP contribution in [0.25, 0.3) is 10.6 Å². The fourth-order valence-electron chi connectivity index (χ4n) is 1.56. The number of thiazole rings is 1. The maximum absolute atomic E-state index is 5.88. The lowest BCUT2D eigenvalue weighted by Gasteiger charge is -1.96. The van der Waals surface area contributed by atoms with Gasteiger partial charge in [-0.05, 0) is 12.1 Å². The van der Waals surface area contributed by atoms with Gasteiger partial charge in [0.05, 0.1) is 5.69 Å². The molecule has 20 heavy (non-hydrogen) atoms. The molecule has 1 aromatic carbocycles. The molecule has 0 spiro atoms. The summed E-state index contributed by atoms with van der Waals surface area (Å²) in [6.07, 6.45) is 0. The Morgan fingerprint density at radius 3 is 2.75 bits per heavy atom. The minimum absolute atomic E-state index is 0.327. The van der Waals surface area contributed by atoms with Gasteiger partial charge in [0.15, 0.2) is 0 Å². The molecule has 0 amide bonds. The first kappa shape index (κ1) is 13.4. The van der Waals surface area contributed by atoms with Crippen molar-refractivity contribution in [1.82, 2.24) is 20.2 Å². The van der Waals surface area contributed by atoms with Crippen molar-refractivity contribution in [2.75, 3.05) is 5.73 Å². The van der Waals surface area contributed by atoms with Gasteiger partial charge in [0, 0.05) is 21.7 Å². The number of thioether (sulfide) groups is 1. The van der Waals surface area contributed by atoms with Gasteiger partial charge in [0.2, 0.25) is 11.1 Å². The van der Waals surface area contributed by atoms with E-state index in [4.69, 9.17) is 17.3 Å². The minimum Gasteiger partial charge on any atom is -0.368 e. The van der Waals surface area contributed by atoms with E-state index in [1.54, 1.807) is 11.3 Å². The first-order valence-corrected chi connectivity index (χ1v) is 7.96. The molecule has 0 saturated heterocycles. The average Bonchev–Trinajstić information content (AvgIpc) is 3.06. The highest BCUT2D eigenvalue weighted by Gasteiger charge is 2.07. The number of nitrogens with two attached hydrogens (primary N) is 1. The van der Waals surface area contributed by atoms with Crippen LogP contribution in [0.1, 0.15) is 5.69 Å². The summed E-state index contributed by atoms with van der Waals surface area (Å²) in [6.45, 7) is 0. The molecule has 8 heteroatoms. The van der Waals surface area contributed by atoms with Gasteiger partial charge in [-0.2, -0.15) is 4.98 Å². The van der Waals surface area contributed by atoms with Crippen molar-refractivity contribution in [2.45, 2.75) is 10.9 Å². The van der Waals surface area contributed by atoms with Crippen molar-refractivity contribution >= 4 is 40.6 Å². The summed E-state index contributed by atoms with van der Waals surface area (Å²) in [5.74, 6) is 1.04. The second-order valence-corrected chi connectivity index (χ2v) is 6.18. The van der Waals surface area contributed by atoms with Gasteiger partial charge in [-0.15, -0.1) is 16.4 Å². The Morgan fingerprint density at radius 1 is 1.25 bits per heavy atom. The zero-order valence-electron chi connectivity index (χ0n) is 10.2. The van der Waals surface area contributed by atoms with Crippen molar-refractivity contribution < 1.29 is 0 Å². The van der Waals surface area contributed by atoms with Crippen LogP contribution in [0.3, 0.4) is 0 Å². The van der Waals surface area contributed by atoms with E-state index >= 15 is 0 Å². The van der Waals surface area contributed by atoms with E-state index in [1.165, 1.54) is 11.8 Å². The zero-order chi connectivity index (χ0) is 13.9. The molecule has 3 rings (SSSR count). The van der Waals surface area contributed by atoms with E-state index in [1.807, 2.05) is 29.6 Å². The number of halogens is 1. The van der Waals surface area contributed by atoms with Gasteiger partial charge in [-0.25, -0.2) is 10.1 Å². The van der Waals surface area contributed by atoms with Crippen molar-refractivity contribution in [1.29, 1.82) is 0 Å². The van der Waals surface area contributed by atoms with Crippen LogP contribution in [0.15, 0.2) is 34.8 Å². The highest BCUT2D eigenvalue weighted by molar-refractivity contribution is 7.98. The predicted molar refractivity (Wildman–Crippen MR) is 82.9 cm³/mol. The number of anilines is 1. The Bertz CT molecular complexity index is 707. The van der Waals surface area contributed by atoms with Gasteiger partial charge in [-0.3, -0.25) is 0 Å². The molecule has 0 aliphatic heterocycles. The average molecular weight is 324 g/mol. The fourth-order valence-corrected chi connectivity index (χ4v) is 3.31. The van der Waals surface area contributed by atoms with Crippen LogP contribution in [0, 0.1) is 0 Å². The van der Waals surface area contributed by atoms with Crippen molar-refractivity contribution in [3.8, 4) is 10.6 Å². The lowest BCUT2D eigenvalue weighted by atomic mass is 10.2. The summed E-state index contributed by atoms with van der Waals surface area (Å²) in [5, 5.41) is 10.9. The number of nitrogens with one attached hydrogen (secondary N) is 1. The molecule has 0 atom stereocenters. The van der Waals surface area contributed by atoms with Crippen LogP contribution >= 0.6 is 34.7 Å². The molecule has 3 N–H and O–H groups in total. The highest BCUT2D eigenvalue weighted by atomic mass is 35.5. The quantitative estimate of drug-likeness (QED) is 0.719. The number of H-pyrrole nitrogens is 1. The van der Waals surface area contributed by atoms with Crippen LogP contribution in [-0.4, -0.2) is 20.2 Å². The Labute approximate surface area is 128 Å². The summed E-state index contributed by atoms with van der Waals surface area (Å²) in [4.78, 5) is 8.63. The molecule has 2 heterocycles. The molecule has 102 valence electrons. The predicted octanol–water partition coefficient (Wildman–Crippen LogP) is 3.46. The molecule has 0 fully saturated rings. The van der Waals surface area contributed by atoms with E-state index in [9.17, 15) is 0 Å². The lowest BCUT2D eigenvalue weighted by molar-refractivity contribution is 0.972. The third-order valence-corrected chi connectivity index (χ3v) is 4.55. The third kappa shape index (κ3) is 3.12. The van der Waals surface area contributed by atoms with Crippen LogP contribution in [-0.2, 0) is 5.75 Å². The van der Waals surface area contributed by atoms with Gasteiger partial charge < -0.3 is 5.73 Å². The number of benzene rings is 1. The van der Waals surface area contributed by atoms with E-state index in [0.717, 1.165) is 21.3 Å². The molecule has 5 nitrogen and oxygen atoms in total. The van der Waals surface area contributed by atoms with Crippen LogP contribution < -0.4 is 5.73 Å². The van der Waals surface area contributed by atoms with Crippen LogP contribution in [0.4, 0.5) is 5.95 Å². The molecule has 0 unspecified atom stereocenters. The number of nitrogens with zero attached hydrogens (tertiary/aromatic N) is 3. The lowest BCUT2D eigenvalue weighted by Crippen LogP contribution is -1.85. The Kier molecular flexibility index (Phi) is 3.90. The molecule has 2 aromatic heterocycles. The number of rotatable bonds is 4. The maximum atomic E-state index is 5.88. The summed E-state index contributed by atoms with van der Waals surface area (Å²) in [5.41, 5.74) is 7.53. The summed E-state index contributed by atoms with van der Waals surface area (Å²) >= 11 is 8.98. The summed E-state index contributed by atoms with van der Waals surface area (Å²) in [7, 11) is 0. The van der Waals surface area contributed by atoms with Crippen molar-refractivity contribution in [3.63, 3.8) is 0 Å². The van der Waals surface area contributed by atoms with Crippen LogP contribution in [0.2, 0.25) is 5.02 Å². The minimum atomic E-state index is 0.327. The summed E-state index contributed by atoms with van der Waals surface area (Å²) < 4.78 is 0. The number of hydrogen-bond donors (Lipinski definition) is 2. The van der Waals surface area contributed by atoms with Crippen molar-refractivity contribution in [3.05, 3.63) is 40.4 Å². The van der Waals surface area contributed by atoms with E-state index in [0.29, 0.717) is 16.9 Å². The summed E-state index contributed by atoms with van der Waals surface area (Å²) in [6, 6.07) is 7.66. The molecule has 0 radical (unpaired) electrons. The van der Waals surface area contributed by atoms with E-state index < -0.39 is 0 Å². The smallest absolute Gasteiger partial charge is 0.216 e. The standard InChI is InChI=1S/C12H10ClN5S2/c13-8-3-1-7(2-4-8)10-15-9(5-19-10)6-20-12-16-11(14)17-18-12/h1-5H,6H2,(H3,14,16,17,18). The number of aromatic nitrogens is 4. The maximum Gasteiger partial charge on any atom is 0.216 e. The highest BCUT2D eigenvalue weighted by Crippen LogP contribution is 2.27. The Morgan fingerprint density at radius 2 is 2.05 bits per heavy atom. The molecule has 0 saturated carbocycles. The van der Waals surface area contributed by atoms with E-state index in [-0.39, 0.29) is 0 Å². The Balaban J connectivity index is 1.69. The van der Waals surface area contributed by atoms with Crippen molar-refractivity contribution in [2.24, 2.45) is 0 Å². The number of nitrogen functional groups attached to an aromatic ring is 1. The zero-order valence-corrected chi connectivity index (χ0v) is 12.6. The number of aromatic amines is 1. The van der Waals surface area contributed by atoms with Crippen LogP contribution in [0.5, 0.6) is 0 Å². The first-order valence-electron chi connectivity index (χ1n) is 5.72. The molecule has 3 aromatic rings. The monoisotopic (exact) mass is 323 g/mol. The molecule has 0 aliphatic carbocycles. The van der Waals surface area contributed by atoms with E-state index in [2.05, 4.69) is 20.2 Å². The second kappa shape index (κ2) is 5.82. The molecule has 0 bridgehead atoms. The largest absolute Gasteiger partial charge is 0.368 e. The third-order valence-electron chi connectivity index (χ3n) is 2.47. The first-order chi connectivity index (χ1) is 9.70. The topological polar surface area (TPSA) is 80.5 Å². The van der Waals surface area contributed by atoms with Gasteiger partial charge in [0.1, 0.15) is 5.01 Å². The number of hydrogen-bond acceptors (Lipinski definition) is 6. The normalized spacial score (nSPS) is 10.8. The molecular weight excluding hydrogens is 314 g/mol. The van der Waals surface area contributed by atoms with Gasteiger partial charge in [-0.1, -0.05) is 35.5 Å². The SMILES string of the molecule is Nc1nc(SCc2csc(-c3ccc(Cl)cc3)n2)n[nH]1.